The summed E-state index contributed by atoms with van der Waals surface area (Å²) in [5, 5.41) is 1.90. The van der Waals surface area contributed by atoms with E-state index in [1.807, 2.05) is 53.6 Å². The van der Waals surface area contributed by atoms with Crippen LogP contribution in [-0.4, -0.2) is 44.5 Å². The molecule has 2 saturated heterocycles. The molecule has 4 rings (SSSR count). The highest BCUT2D eigenvalue weighted by atomic mass is 28.4. The van der Waals surface area contributed by atoms with Crippen LogP contribution < -0.4 is 0 Å². The van der Waals surface area contributed by atoms with Gasteiger partial charge in [-0.25, -0.2) is 0 Å². The number of fused-ring (bicyclic) bond motifs is 2. The van der Waals surface area contributed by atoms with E-state index < -0.39 is 14.4 Å². The number of ketones is 1. The van der Waals surface area contributed by atoms with Crippen LogP contribution >= 0.6 is 0 Å². The molecule has 2 aliphatic heterocycles. The number of carbonyl (C=O) groups excluding carboxylic acids is 1. The first-order chi connectivity index (χ1) is 15.2. The highest BCUT2D eigenvalue weighted by molar-refractivity contribution is 6.74. The number of Topliss-reactive ketones (excluding diaryl/α,β-unsaturated/α-hetero) is 1. The summed E-state index contributed by atoms with van der Waals surface area (Å²) < 4.78 is 13.2. The van der Waals surface area contributed by atoms with E-state index in [4.69, 9.17) is 14.0 Å². The van der Waals surface area contributed by atoms with Gasteiger partial charge in [0.15, 0.2) is 14.1 Å². The molecule has 6 heteroatoms. The largest absolute Gasteiger partial charge is 0.414 e. The Hall–Kier alpha value is -1.83. The minimum Gasteiger partial charge on any atom is -0.414 e. The lowest BCUT2D eigenvalue weighted by Gasteiger charge is -2.49. The van der Waals surface area contributed by atoms with Gasteiger partial charge in [-0.15, -0.1) is 0 Å². The van der Waals surface area contributed by atoms with E-state index in [0.717, 1.165) is 11.1 Å². The fourth-order valence-electron chi connectivity index (χ4n) is 4.16. The van der Waals surface area contributed by atoms with Crippen LogP contribution in [0.15, 0.2) is 60.7 Å². The van der Waals surface area contributed by atoms with E-state index in [1.54, 1.807) is 0 Å². The van der Waals surface area contributed by atoms with E-state index in [2.05, 4.69) is 46.0 Å². The lowest BCUT2D eigenvalue weighted by Crippen LogP contribution is -2.63. The fraction of sp³-hybridized carbons (Fsp3) is 0.500. The summed E-state index contributed by atoms with van der Waals surface area (Å²) in [5.74, 6) is -0.116. The van der Waals surface area contributed by atoms with E-state index in [9.17, 15) is 4.79 Å². The Morgan fingerprint density at radius 1 is 1.03 bits per heavy atom. The topological polar surface area (TPSA) is 48.0 Å². The molecule has 4 atom stereocenters. The van der Waals surface area contributed by atoms with Gasteiger partial charge >= 0.3 is 0 Å². The maximum absolute atomic E-state index is 13.7. The van der Waals surface area contributed by atoms with E-state index in [1.165, 1.54) is 0 Å². The van der Waals surface area contributed by atoms with Crippen molar-refractivity contribution in [2.75, 3.05) is 13.2 Å². The van der Waals surface area contributed by atoms with Gasteiger partial charge in [-0.3, -0.25) is 9.63 Å². The summed E-state index contributed by atoms with van der Waals surface area (Å²) in [7, 11) is -2.00. The molecular weight excluding hydrogens is 418 g/mol. The van der Waals surface area contributed by atoms with Gasteiger partial charge in [0.25, 0.3) is 0 Å². The normalized spacial score (nSPS) is 26.8. The van der Waals surface area contributed by atoms with Crippen molar-refractivity contribution in [1.82, 2.24) is 5.06 Å². The molecule has 172 valence electrons. The lowest BCUT2D eigenvalue weighted by atomic mass is 9.83. The highest BCUT2D eigenvalue weighted by Gasteiger charge is 2.52. The average Bonchev–Trinajstić information content (AvgIpc) is 2.75. The van der Waals surface area contributed by atoms with Gasteiger partial charge in [-0.2, -0.15) is 5.06 Å². The van der Waals surface area contributed by atoms with Crippen LogP contribution in [0.25, 0.3) is 0 Å². The number of ether oxygens (including phenoxy) is 1. The molecular formula is C26H35NO4Si. The molecule has 0 N–H and O–H groups in total. The quantitative estimate of drug-likeness (QED) is 0.566. The molecule has 0 saturated carbocycles. The van der Waals surface area contributed by atoms with Gasteiger partial charge in [0, 0.05) is 0 Å². The van der Waals surface area contributed by atoms with Crippen molar-refractivity contribution >= 4 is 14.1 Å². The molecule has 0 spiro atoms. The standard InChI is InChI=1S/C26H35NO4Si/c1-26(2,3)32(4,5)30-18-22-23-24(28)21(25(31-22)20-14-10-7-11-15-20)17-29-27(23)16-19-12-8-6-9-13-19/h6-15,21-23,25H,16-18H2,1-5H3/t21-,22+,23-,25-/m0/s1. The first-order valence-corrected chi connectivity index (χ1v) is 14.4. The molecule has 2 bridgehead atoms. The molecule has 5 nitrogen and oxygen atoms in total. The van der Waals surface area contributed by atoms with Crippen molar-refractivity contribution in [1.29, 1.82) is 0 Å². The Morgan fingerprint density at radius 2 is 1.66 bits per heavy atom. The Balaban J connectivity index is 1.60. The van der Waals surface area contributed by atoms with Crippen LogP contribution in [0.3, 0.4) is 0 Å². The zero-order valence-electron chi connectivity index (χ0n) is 19.8. The summed E-state index contributed by atoms with van der Waals surface area (Å²) in [6, 6.07) is 19.6. The van der Waals surface area contributed by atoms with Crippen molar-refractivity contribution < 1.29 is 18.8 Å². The van der Waals surface area contributed by atoms with Gasteiger partial charge < -0.3 is 9.16 Å². The maximum atomic E-state index is 13.7. The second kappa shape index (κ2) is 9.19. The molecule has 0 radical (unpaired) electrons. The average molecular weight is 454 g/mol. The van der Waals surface area contributed by atoms with Gasteiger partial charge in [0.2, 0.25) is 0 Å². The third-order valence-electron chi connectivity index (χ3n) is 7.15. The Morgan fingerprint density at radius 3 is 2.28 bits per heavy atom. The molecule has 2 aliphatic rings. The first kappa shape index (κ1) is 23.3. The Labute approximate surface area is 192 Å². The van der Waals surface area contributed by atoms with Crippen molar-refractivity contribution in [2.45, 2.75) is 63.7 Å². The van der Waals surface area contributed by atoms with Crippen molar-refractivity contribution in [3.8, 4) is 0 Å². The number of nitrogens with zero attached hydrogens (tertiary/aromatic N) is 1. The zero-order valence-corrected chi connectivity index (χ0v) is 20.8. The van der Waals surface area contributed by atoms with Gasteiger partial charge in [0.1, 0.15) is 12.1 Å². The maximum Gasteiger partial charge on any atom is 0.192 e. The Kier molecular flexibility index (Phi) is 6.70. The summed E-state index contributed by atoms with van der Waals surface area (Å²) >= 11 is 0. The first-order valence-electron chi connectivity index (χ1n) is 11.5. The molecule has 2 aromatic carbocycles. The summed E-state index contributed by atoms with van der Waals surface area (Å²) in [4.78, 5) is 19.9. The predicted octanol–water partition coefficient (Wildman–Crippen LogP) is 5.15. The van der Waals surface area contributed by atoms with E-state index in [-0.39, 0.29) is 28.9 Å². The number of hydrogen-bond acceptors (Lipinski definition) is 5. The molecule has 2 fully saturated rings. The van der Waals surface area contributed by atoms with Crippen LogP contribution in [0.5, 0.6) is 0 Å². The second-order valence-electron chi connectivity index (χ2n) is 10.4. The van der Waals surface area contributed by atoms with Crippen LogP contribution in [0.1, 0.15) is 38.0 Å². The van der Waals surface area contributed by atoms with Crippen molar-refractivity contribution in [3.63, 3.8) is 0 Å². The van der Waals surface area contributed by atoms with Crippen molar-refractivity contribution in [2.24, 2.45) is 5.92 Å². The SMILES string of the molecule is CC(C)(C)[Si](C)(C)OC[C@H]1O[C@@H](c2ccccc2)[C@H]2CON(Cc3ccccc3)[C@@H]1C2=O. The molecule has 32 heavy (non-hydrogen) atoms. The molecule has 0 aliphatic carbocycles. The number of hydrogen-bond donors (Lipinski definition) is 0. The smallest absolute Gasteiger partial charge is 0.192 e. The predicted molar refractivity (Wildman–Crippen MR) is 127 cm³/mol. The van der Waals surface area contributed by atoms with E-state index >= 15 is 0 Å². The number of benzene rings is 2. The fourth-order valence-corrected chi connectivity index (χ4v) is 5.17. The number of rotatable bonds is 6. The molecule has 2 aromatic rings. The second-order valence-corrected chi connectivity index (χ2v) is 15.2. The van der Waals surface area contributed by atoms with Crippen LogP contribution in [-0.2, 0) is 25.3 Å². The Bertz CT molecular complexity index is 912. The number of carbonyl (C=O) groups is 1. The summed E-state index contributed by atoms with van der Waals surface area (Å²) in [5.41, 5.74) is 2.12. The number of hydroxylamine groups is 2. The van der Waals surface area contributed by atoms with E-state index in [0.29, 0.717) is 19.8 Å². The lowest BCUT2D eigenvalue weighted by molar-refractivity contribution is -0.282. The summed E-state index contributed by atoms with van der Waals surface area (Å²) in [6.45, 7) is 12.4. The van der Waals surface area contributed by atoms with Crippen LogP contribution in [0.2, 0.25) is 18.1 Å². The van der Waals surface area contributed by atoms with Crippen molar-refractivity contribution in [3.05, 3.63) is 71.8 Å². The zero-order chi connectivity index (χ0) is 22.9. The minimum absolute atomic E-state index is 0.0832. The molecule has 2 heterocycles. The third kappa shape index (κ3) is 4.75. The third-order valence-corrected chi connectivity index (χ3v) is 11.7. The monoisotopic (exact) mass is 453 g/mol. The molecule has 0 amide bonds. The van der Waals surface area contributed by atoms with Crippen LogP contribution in [0.4, 0.5) is 0 Å². The van der Waals surface area contributed by atoms with Gasteiger partial charge in [-0.05, 0) is 29.3 Å². The molecule has 0 unspecified atom stereocenters. The van der Waals surface area contributed by atoms with Crippen LogP contribution in [0, 0.1) is 5.92 Å². The van der Waals surface area contributed by atoms with Gasteiger partial charge in [0.05, 0.1) is 31.8 Å². The highest BCUT2D eigenvalue weighted by Crippen LogP contribution is 2.41. The minimum atomic E-state index is -2.00. The molecule has 0 aromatic heterocycles. The van der Waals surface area contributed by atoms with Gasteiger partial charge in [-0.1, -0.05) is 81.4 Å². The summed E-state index contributed by atoms with van der Waals surface area (Å²) in [6.07, 6.45) is -0.700.